The lowest BCUT2D eigenvalue weighted by Crippen LogP contribution is -2.30. The Kier molecular flexibility index (Phi) is 5.59. The number of aliphatic hydroxyl groups excluding tert-OH is 1. The minimum Gasteiger partial charge on any atom is -0.495 e. The Morgan fingerprint density at radius 1 is 1.33 bits per heavy atom. The van der Waals surface area contributed by atoms with Gasteiger partial charge in [0.25, 0.3) is 0 Å². The Morgan fingerprint density at radius 3 is 2.67 bits per heavy atom. The Hall–Kier alpha value is -1.59. The van der Waals surface area contributed by atoms with Crippen LogP contribution in [0.1, 0.15) is 38.4 Å². The van der Waals surface area contributed by atoms with Crippen molar-refractivity contribution >= 4 is 11.0 Å². The maximum absolute atomic E-state index is 10.6. The van der Waals surface area contributed by atoms with Crippen molar-refractivity contribution in [1.82, 2.24) is 14.9 Å². The van der Waals surface area contributed by atoms with Crippen molar-refractivity contribution < 1.29 is 9.84 Å². The number of aliphatic hydroxyl groups is 1. The molecular formula is C16H25N3O2. The fraction of sp³-hybridized carbons (Fsp3) is 0.562. The van der Waals surface area contributed by atoms with Gasteiger partial charge in [-0.05, 0) is 32.0 Å². The van der Waals surface area contributed by atoms with Gasteiger partial charge in [-0.3, -0.25) is 0 Å². The van der Waals surface area contributed by atoms with Gasteiger partial charge in [-0.2, -0.15) is 0 Å². The Morgan fingerprint density at radius 2 is 2.05 bits per heavy atom. The second kappa shape index (κ2) is 7.43. The monoisotopic (exact) mass is 291 g/mol. The van der Waals surface area contributed by atoms with Crippen molar-refractivity contribution in [3.63, 3.8) is 0 Å². The van der Waals surface area contributed by atoms with Crippen LogP contribution in [0.25, 0.3) is 11.0 Å². The Labute approximate surface area is 125 Å². The number of pyridine rings is 1. The van der Waals surface area contributed by atoms with Crippen molar-refractivity contribution in [2.75, 3.05) is 26.7 Å². The topological polar surface area (TPSA) is 61.4 Å². The van der Waals surface area contributed by atoms with Crippen molar-refractivity contribution in [2.24, 2.45) is 0 Å². The van der Waals surface area contributed by atoms with Crippen molar-refractivity contribution in [3.8, 4) is 5.75 Å². The van der Waals surface area contributed by atoms with Gasteiger partial charge in [0.15, 0.2) is 0 Å². The van der Waals surface area contributed by atoms with Gasteiger partial charge in [-0.15, -0.1) is 0 Å². The third-order valence-electron chi connectivity index (χ3n) is 3.64. The van der Waals surface area contributed by atoms with Gasteiger partial charge in [0.05, 0.1) is 19.4 Å². The highest BCUT2D eigenvalue weighted by Gasteiger charge is 2.17. The first-order chi connectivity index (χ1) is 10.2. The highest BCUT2D eigenvalue weighted by Crippen LogP contribution is 2.26. The maximum Gasteiger partial charge on any atom is 0.137 e. The van der Waals surface area contributed by atoms with E-state index < -0.39 is 6.10 Å². The van der Waals surface area contributed by atoms with E-state index in [0.29, 0.717) is 12.3 Å². The number of aromatic nitrogens is 2. The zero-order chi connectivity index (χ0) is 15.2. The number of fused-ring (bicyclic) bond motifs is 1. The molecule has 0 saturated carbocycles. The zero-order valence-electron chi connectivity index (χ0n) is 13.1. The fourth-order valence-electron chi connectivity index (χ4n) is 2.66. The third-order valence-corrected chi connectivity index (χ3v) is 3.64. The summed E-state index contributed by atoms with van der Waals surface area (Å²) >= 11 is 0. The summed E-state index contributed by atoms with van der Waals surface area (Å²) in [5, 5.41) is 11.5. The lowest BCUT2D eigenvalue weighted by Gasteiger charge is -2.24. The van der Waals surface area contributed by atoms with E-state index in [1.807, 2.05) is 12.3 Å². The molecule has 2 rings (SSSR count). The first kappa shape index (κ1) is 15.8. The van der Waals surface area contributed by atoms with Gasteiger partial charge in [-0.25, -0.2) is 4.98 Å². The van der Waals surface area contributed by atoms with Crippen molar-refractivity contribution in [2.45, 2.75) is 32.8 Å². The van der Waals surface area contributed by atoms with Crippen LogP contribution in [0.15, 0.2) is 18.5 Å². The van der Waals surface area contributed by atoms with Crippen LogP contribution >= 0.6 is 0 Å². The average Bonchev–Trinajstić information content (AvgIpc) is 2.90. The van der Waals surface area contributed by atoms with E-state index >= 15 is 0 Å². The normalized spacial score (nSPS) is 13.0. The first-order valence-corrected chi connectivity index (χ1v) is 7.61. The molecule has 0 aliphatic carbocycles. The second-order valence-corrected chi connectivity index (χ2v) is 5.33. The molecule has 2 aromatic rings. The van der Waals surface area contributed by atoms with Crippen LogP contribution in [0.3, 0.4) is 0 Å². The molecule has 0 aliphatic heterocycles. The van der Waals surface area contributed by atoms with Gasteiger partial charge in [0.1, 0.15) is 11.4 Å². The minimum atomic E-state index is -0.522. The number of aromatic amines is 1. The van der Waals surface area contributed by atoms with Crippen LogP contribution in [-0.4, -0.2) is 46.7 Å². The van der Waals surface area contributed by atoms with Crippen LogP contribution < -0.4 is 4.74 Å². The van der Waals surface area contributed by atoms with E-state index in [1.54, 1.807) is 13.3 Å². The fourth-order valence-corrected chi connectivity index (χ4v) is 2.66. The van der Waals surface area contributed by atoms with Crippen LogP contribution in [0.4, 0.5) is 0 Å². The van der Waals surface area contributed by atoms with E-state index in [0.717, 1.165) is 42.5 Å². The van der Waals surface area contributed by atoms with Crippen LogP contribution in [-0.2, 0) is 0 Å². The van der Waals surface area contributed by atoms with E-state index in [4.69, 9.17) is 4.74 Å². The van der Waals surface area contributed by atoms with E-state index in [1.165, 1.54) is 0 Å². The van der Waals surface area contributed by atoms with Gasteiger partial charge >= 0.3 is 0 Å². The predicted octanol–water partition coefficient (Wildman–Crippen LogP) is 2.73. The molecule has 1 unspecified atom stereocenters. The lowest BCUT2D eigenvalue weighted by atomic mass is 10.1. The molecule has 0 amide bonds. The van der Waals surface area contributed by atoms with E-state index in [2.05, 4.69) is 28.7 Å². The Balaban J connectivity index is 2.19. The SMILES string of the molecule is CCCN(CCC)CC(O)c1c[nH]c2ncc(OC)cc12. The summed E-state index contributed by atoms with van der Waals surface area (Å²) in [6, 6.07) is 1.92. The third kappa shape index (κ3) is 3.74. The average molecular weight is 291 g/mol. The molecule has 0 spiro atoms. The molecule has 0 saturated heterocycles. The minimum absolute atomic E-state index is 0.522. The molecule has 2 heterocycles. The second-order valence-electron chi connectivity index (χ2n) is 5.33. The van der Waals surface area contributed by atoms with Crippen LogP contribution in [0.5, 0.6) is 5.75 Å². The number of ether oxygens (including phenoxy) is 1. The molecule has 0 aliphatic rings. The van der Waals surface area contributed by atoms with Gasteiger partial charge in [-0.1, -0.05) is 13.8 Å². The Bertz CT molecular complexity index is 562. The van der Waals surface area contributed by atoms with E-state index in [-0.39, 0.29) is 0 Å². The molecular weight excluding hydrogens is 266 g/mol. The number of rotatable bonds is 8. The van der Waals surface area contributed by atoms with Gasteiger partial charge in [0.2, 0.25) is 0 Å². The highest BCUT2D eigenvalue weighted by molar-refractivity contribution is 5.81. The van der Waals surface area contributed by atoms with Crippen LogP contribution in [0.2, 0.25) is 0 Å². The molecule has 5 nitrogen and oxygen atoms in total. The number of hydrogen-bond acceptors (Lipinski definition) is 4. The number of nitrogens with zero attached hydrogens (tertiary/aromatic N) is 2. The number of nitrogens with one attached hydrogen (secondary N) is 1. The van der Waals surface area contributed by atoms with Crippen LogP contribution in [0, 0.1) is 0 Å². The first-order valence-electron chi connectivity index (χ1n) is 7.61. The molecule has 0 fully saturated rings. The molecule has 0 radical (unpaired) electrons. The molecule has 5 heteroatoms. The quantitative estimate of drug-likeness (QED) is 0.785. The summed E-state index contributed by atoms with van der Waals surface area (Å²) < 4.78 is 5.22. The zero-order valence-corrected chi connectivity index (χ0v) is 13.1. The summed E-state index contributed by atoms with van der Waals surface area (Å²) in [5.41, 5.74) is 1.66. The van der Waals surface area contributed by atoms with Gasteiger partial charge < -0.3 is 19.7 Å². The largest absolute Gasteiger partial charge is 0.495 e. The number of methoxy groups -OCH3 is 1. The summed E-state index contributed by atoms with van der Waals surface area (Å²) in [6.07, 6.45) is 5.19. The van der Waals surface area contributed by atoms with Crippen molar-refractivity contribution in [3.05, 3.63) is 24.0 Å². The lowest BCUT2D eigenvalue weighted by molar-refractivity contribution is 0.114. The van der Waals surface area contributed by atoms with Crippen molar-refractivity contribution in [1.29, 1.82) is 0 Å². The van der Waals surface area contributed by atoms with E-state index in [9.17, 15) is 5.11 Å². The molecule has 1 atom stereocenters. The number of hydrogen-bond donors (Lipinski definition) is 2. The maximum atomic E-state index is 10.6. The number of H-pyrrole nitrogens is 1. The molecule has 116 valence electrons. The molecule has 21 heavy (non-hydrogen) atoms. The molecule has 2 aromatic heterocycles. The molecule has 2 N–H and O–H groups in total. The van der Waals surface area contributed by atoms with Gasteiger partial charge in [0, 0.05) is 23.7 Å². The summed E-state index contributed by atoms with van der Waals surface area (Å²) in [5.74, 6) is 0.703. The predicted molar refractivity (Wildman–Crippen MR) is 84.6 cm³/mol. The summed E-state index contributed by atoms with van der Waals surface area (Å²) in [6.45, 7) is 6.99. The summed E-state index contributed by atoms with van der Waals surface area (Å²) in [4.78, 5) is 9.72. The molecule has 0 aromatic carbocycles. The highest BCUT2D eigenvalue weighted by atomic mass is 16.5. The smallest absolute Gasteiger partial charge is 0.137 e. The molecule has 0 bridgehead atoms. The summed E-state index contributed by atoms with van der Waals surface area (Å²) in [7, 11) is 1.62. The standard InChI is InChI=1S/C16H25N3O2/c1-4-6-19(7-5-2)11-15(20)14-10-18-16-13(14)8-12(21-3)9-17-16/h8-10,15,20H,4-7,11H2,1-3H3,(H,17,18).